The average molecular weight is 243 g/mol. The van der Waals surface area contributed by atoms with Gasteiger partial charge in [-0.1, -0.05) is 37.1 Å². The zero-order chi connectivity index (χ0) is 12.4. The van der Waals surface area contributed by atoms with Crippen LogP contribution in [0.25, 0.3) is 11.4 Å². The molecule has 3 rings (SSSR count). The first-order valence-corrected chi connectivity index (χ1v) is 6.50. The number of nitrogens with one attached hydrogen (secondary N) is 1. The van der Waals surface area contributed by atoms with Gasteiger partial charge >= 0.3 is 0 Å². The molecule has 0 saturated heterocycles. The molecule has 0 atom stereocenters. The van der Waals surface area contributed by atoms with Gasteiger partial charge in [0.05, 0.1) is 6.61 Å². The van der Waals surface area contributed by atoms with E-state index in [1.54, 1.807) is 0 Å². The first kappa shape index (κ1) is 11.4. The highest BCUT2D eigenvalue weighted by atomic mass is 16.3. The Labute approximate surface area is 106 Å². The van der Waals surface area contributed by atoms with Gasteiger partial charge in [0.1, 0.15) is 5.82 Å². The van der Waals surface area contributed by atoms with Gasteiger partial charge in [0, 0.05) is 11.5 Å². The summed E-state index contributed by atoms with van der Waals surface area (Å²) in [6.45, 7) is 0.0173. The van der Waals surface area contributed by atoms with Crippen LogP contribution in [0.5, 0.6) is 0 Å². The van der Waals surface area contributed by atoms with E-state index in [-0.39, 0.29) is 6.61 Å². The minimum atomic E-state index is 0.0173. The molecule has 4 nitrogen and oxygen atoms in total. The Kier molecular flexibility index (Phi) is 3.11. The Hall–Kier alpha value is -1.68. The van der Waals surface area contributed by atoms with Crippen molar-refractivity contribution in [1.29, 1.82) is 0 Å². The van der Waals surface area contributed by atoms with Crippen molar-refractivity contribution in [2.24, 2.45) is 0 Å². The molecule has 0 spiro atoms. The third-order valence-electron chi connectivity index (χ3n) is 3.67. The van der Waals surface area contributed by atoms with Gasteiger partial charge < -0.3 is 5.11 Å². The molecule has 1 saturated carbocycles. The Bertz CT molecular complexity index is 529. The SMILES string of the molecule is OCc1ccccc1-c1n[nH]c(C2CCCC2)n1. The third kappa shape index (κ3) is 2.04. The Morgan fingerprint density at radius 3 is 2.78 bits per heavy atom. The van der Waals surface area contributed by atoms with E-state index >= 15 is 0 Å². The van der Waals surface area contributed by atoms with Gasteiger partial charge in [-0.15, -0.1) is 0 Å². The Morgan fingerprint density at radius 2 is 2.00 bits per heavy atom. The molecule has 0 unspecified atom stereocenters. The zero-order valence-corrected chi connectivity index (χ0v) is 10.3. The van der Waals surface area contributed by atoms with Gasteiger partial charge in [0.2, 0.25) is 0 Å². The van der Waals surface area contributed by atoms with Gasteiger partial charge in [0.15, 0.2) is 5.82 Å². The molecule has 1 aliphatic rings. The van der Waals surface area contributed by atoms with Crippen molar-refractivity contribution in [2.45, 2.75) is 38.2 Å². The van der Waals surface area contributed by atoms with Crippen LogP contribution in [0.4, 0.5) is 0 Å². The molecule has 1 aromatic carbocycles. The lowest BCUT2D eigenvalue weighted by Gasteiger charge is -2.03. The maximum atomic E-state index is 9.33. The third-order valence-corrected chi connectivity index (χ3v) is 3.67. The monoisotopic (exact) mass is 243 g/mol. The van der Waals surface area contributed by atoms with Crippen molar-refractivity contribution in [3.8, 4) is 11.4 Å². The van der Waals surface area contributed by atoms with Crippen LogP contribution in [0.15, 0.2) is 24.3 Å². The maximum absolute atomic E-state index is 9.33. The summed E-state index contributed by atoms with van der Waals surface area (Å²) >= 11 is 0. The number of aliphatic hydroxyl groups excluding tert-OH is 1. The number of nitrogens with zero attached hydrogens (tertiary/aromatic N) is 2. The van der Waals surface area contributed by atoms with Crippen molar-refractivity contribution in [3.05, 3.63) is 35.7 Å². The number of aromatic amines is 1. The summed E-state index contributed by atoms with van der Waals surface area (Å²) < 4.78 is 0. The van der Waals surface area contributed by atoms with Crippen molar-refractivity contribution in [1.82, 2.24) is 15.2 Å². The predicted octanol–water partition coefficient (Wildman–Crippen LogP) is 2.62. The topological polar surface area (TPSA) is 61.8 Å². The molecule has 0 aliphatic heterocycles. The molecule has 1 heterocycles. The number of aromatic nitrogens is 3. The molecule has 2 aromatic rings. The number of hydrogen-bond acceptors (Lipinski definition) is 3. The lowest BCUT2D eigenvalue weighted by molar-refractivity contribution is 0.282. The highest BCUT2D eigenvalue weighted by Crippen LogP contribution is 2.33. The minimum absolute atomic E-state index is 0.0173. The lowest BCUT2D eigenvalue weighted by Crippen LogP contribution is -1.95. The van der Waals surface area contributed by atoms with E-state index in [0.29, 0.717) is 11.7 Å². The fraction of sp³-hybridized carbons (Fsp3) is 0.429. The summed E-state index contributed by atoms with van der Waals surface area (Å²) in [7, 11) is 0. The van der Waals surface area contributed by atoms with E-state index in [0.717, 1.165) is 17.0 Å². The molecule has 4 heteroatoms. The highest BCUT2D eigenvalue weighted by molar-refractivity contribution is 5.59. The van der Waals surface area contributed by atoms with Gasteiger partial charge in [-0.25, -0.2) is 4.98 Å². The molecule has 1 aliphatic carbocycles. The zero-order valence-electron chi connectivity index (χ0n) is 10.3. The molecule has 94 valence electrons. The molecule has 0 amide bonds. The van der Waals surface area contributed by atoms with Crippen molar-refractivity contribution in [3.63, 3.8) is 0 Å². The molecule has 1 aromatic heterocycles. The summed E-state index contributed by atoms with van der Waals surface area (Å²) in [4.78, 5) is 4.59. The summed E-state index contributed by atoms with van der Waals surface area (Å²) in [6.07, 6.45) is 4.98. The quantitative estimate of drug-likeness (QED) is 0.871. The van der Waals surface area contributed by atoms with Crippen LogP contribution in [0, 0.1) is 0 Å². The maximum Gasteiger partial charge on any atom is 0.181 e. The van der Waals surface area contributed by atoms with E-state index in [9.17, 15) is 5.11 Å². The van der Waals surface area contributed by atoms with Crippen molar-refractivity contribution >= 4 is 0 Å². The van der Waals surface area contributed by atoms with Crippen LogP contribution in [-0.2, 0) is 6.61 Å². The number of benzene rings is 1. The number of rotatable bonds is 3. The molecule has 2 N–H and O–H groups in total. The second-order valence-electron chi connectivity index (χ2n) is 4.84. The van der Waals surface area contributed by atoms with E-state index in [4.69, 9.17) is 0 Å². The molecular formula is C14H17N3O. The number of H-pyrrole nitrogens is 1. The molecule has 18 heavy (non-hydrogen) atoms. The van der Waals surface area contributed by atoms with Gasteiger partial charge in [-0.3, -0.25) is 5.10 Å². The smallest absolute Gasteiger partial charge is 0.181 e. The molecular weight excluding hydrogens is 226 g/mol. The van der Waals surface area contributed by atoms with Crippen LogP contribution >= 0.6 is 0 Å². The first-order valence-electron chi connectivity index (χ1n) is 6.50. The number of aliphatic hydroxyl groups is 1. The molecule has 0 radical (unpaired) electrons. The summed E-state index contributed by atoms with van der Waals surface area (Å²) in [5.74, 6) is 2.23. The largest absolute Gasteiger partial charge is 0.392 e. The van der Waals surface area contributed by atoms with Crippen LogP contribution in [-0.4, -0.2) is 20.3 Å². The summed E-state index contributed by atoms with van der Waals surface area (Å²) in [5, 5.41) is 16.7. The van der Waals surface area contributed by atoms with Crippen molar-refractivity contribution < 1.29 is 5.11 Å². The van der Waals surface area contributed by atoms with Crippen LogP contribution in [0.2, 0.25) is 0 Å². The lowest BCUT2D eigenvalue weighted by atomic mass is 10.1. The average Bonchev–Trinajstić information content (AvgIpc) is 3.09. The predicted molar refractivity (Wildman–Crippen MR) is 69.0 cm³/mol. The second-order valence-corrected chi connectivity index (χ2v) is 4.84. The normalized spacial score (nSPS) is 16.3. The highest BCUT2D eigenvalue weighted by Gasteiger charge is 2.21. The standard InChI is InChI=1S/C14H17N3O/c18-9-11-7-3-4-8-12(11)14-15-13(16-17-14)10-5-1-2-6-10/h3-4,7-8,10,18H,1-2,5-6,9H2,(H,15,16,17). The van der Waals surface area contributed by atoms with E-state index < -0.39 is 0 Å². The van der Waals surface area contributed by atoms with Crippen molar-refractivity contribution in [2.75, 3.05) is 0 Å². The fourth-order valence-electron chi connectivity index (χ4n) is 2.65. The van der Waals surface area contributed by atoms with Crippen LogP contribution in [0.3, 0.4) is 0 Å². The van der Waals surface area contributed by atoms with Gasteiger partial charge in [-0.05, 0) is 18.4 Å². The second kappa shape index (κ2) is 4.90. The minimum Gasteiger partial charge on any atom is -0.392 e. The Balaban J connectivity index is 1.92. The first-order chi connectivity index (χ1) is 8.88. The van der Waals surface area contributed by atoms with E-state index in [1.165, 1.54) is 25.7 Å². The van der Waals surface area contributed by atoms with Crippen LogP contribution < -0.4 is 0 Å². The summed E-state index contributed by atoms with van der Waals surface area (Å²) in [5.41, 5.74) is 1.79. The van der Waals surface area contributed by atoms with Crippen LogP contribution in [0.1, 0.15) is 43.0 Å². The Morgan fingerprint density at radius 1 is 1.22 bits per heavy atom. The van der Waals surface area contributed by atoms with E-state index in [2.05, 4.69) is 15.2 Å². The molecule has 1 fully saturated rings. The van der Waals surface area contributed by atoms with Gasteiger partial charge in [0.25, 0.3) is 0 Å². The number of hydrogen-bond donors (Lipinski definition) is 2. The molecule has 0 bridgehead atoms. The fourth-order valence-corrected chi connectivity index (χ4v) is 2.65. The summed E-state index contributed by atoms with van der Waals surface area (Å²) in [6, 6.07) is 7.72. The van der Waals surface area contributed by atoms with Gasteiger partial charge in [-0.2, -0.15) is 5.10 Å². The van der Waals surface area contributed by atoms with E-state index in [1.807, 2.05) is 24.3 Å².